The molecular weight excluding hydrogens is 498 g/mol. The zero-order valence-corrected chi connectivity index (χ0v) is 26.4. The third kappa shape index (κ3) is 12.7. The van der Waals surface area contributed by atoms with Crippen molar-refractivity contribution in [3.8, 4) is 0 Å². The van der Waals surface area contributed by atoms with Crippen LogP contribution in [0.15, 0.2) is 0 Å². The Morgan fingerprint density at radius 2 is 0.900 bits per heavy atom. The predicted molar refractivity (Wildman–Crippen MR) is 68.7 cm³/mol. The molecule has 0 aromatic heterocycles. The Morgan fingerprint density at radius 1 is 0.667 bits per heavy atom. The van der Waals surface area contributed by atoms with Gasteiger partial charge in [0.2, 0.25) is 0 Å². The summed E-state index contributed by atoms with van der Waals surface area (Å²) in [7, 11) is -10.7. The van der Waals surface area contributed by atoms with Gasteiger partial charge in [0.15, 0.2) is 0 Å². The zero-order valence-electron chi connectivity index (χ0n) is 16.6. The zero-order chi connectivity index (χ0) is 20.4. The van der Waals surface area contributed by atoms with Crippen molar-refractivity contribution in [1.82, 2.24) is 0 Å². The van der Waals surface area contributed by atoms with Crippen molar-refractivity contribution in [3.63, 3.8) is 0 Å². The quantitative estimate of drug-likeness (QED) is 0.174. The van der Waals surface area contributed by atoms with E-state index in [1.807, 2.05) is 0 Å². The van der Waals surface area contributed by atoms with Gasteiger partial charge in [0.25, 0.3) is 0 Å². The van der Waals surface area contributed by atoms with Gasteiger partial charge in [0, 0.05) is 11.9 Å². The molecule has 0 spiro atoms. The molecule has 152 valence electrons. The summed E-state index contributed by atoms with van der Waals surface area (Å²) in [6, 6.07) is 0. The van der Waals surface area contributed by atoms with Gasteiger partial charge in [-0.1, -0.05) is 0 Å². The Labute approximate surface area is 259 Å². The van der Waals surface area contributed by atoms with Crippen LogP contribution in [0.2, 0.25) is 0 Å². The van der Waals surface area contributed by atoms with E-state index in [9.17, 15) is 59.1 Å². The van der Waals surface area contributed by atoms with E-state index in [0.717, 1.165) is 0 Å². The van der Waals surface area contributed by atoms with Gasteiger partial charge in [-0.2, -0.15) is 0 Å². The minimum atomic E-state index is -5.33. The van der Waals surface area contributed by atoms with Crippen LogP contribution in [-0.4, -0.2) is 81.3 Å². The van der Waals surface area contributed by atoms with Crippen LogP contribution in [0.4, 0.5) is 0 Å². The number of carboxylic acid groups (broad SMARTS) is 2. The molecule has 0 amide bonds. The monoisotopic (exact) mass is 512 g/mol. The molecule has 4 N–H and O–H groups in total. The Balaban J connectivity index is -0.000000845. The van der Waals surface area contributed by atoms with Gasteiger partial charge in [-0.05, 0) is 0 Å². The summed E-state index contributed by atoms with van der Waals surface area (Å²) in [5.41, 5.74) is 0. The number of hydrogen-bond acceptors (Lipinski definition) is 14. The Hall–Kier alpha value is 3.08. The van der Waals surface area contributed by atoms with Gasteiger partial charge < -0.3 is 68.2 Å². The van der Waals surface area contributed by atoms with Gasteiger partial charge in [-0.3, -0.25) is 0 Å². The van der Waals surface area contributed by atoms with E-state index in [2.05, 4.69) is 9.05 Å². The summed E-state index contributed by atoms with van der Waals surface area (Å²) >= 11 is 0. The van der Waals surface area contributed by atoms with E-state index < -0.39 is 76.1 Å². The van der Waals surface area contributed by atoms with Crippen molar-refractivity contribution < 1.29 is 186 Å². The molecule has 0 aromatic carbocycles. The minimum absolute atomic E-state index is 0. The maximum Gasteiger partial charge on any atom is 1.00 e. The van der Waals surface area contributed by atoms with Gasteiger partial charge in [-0.25, -0.2) is 0 Å². The molecular formula is C10H14Na4O14P2. The first-order valence-electron chi connectivity index (χ1n) is 6.76. The van der Waals surface area contributed by atoms with Crippen LogP contribution < -0.4 is 138 Å². The number of aliphatic hydroxyl groups is 4. The van der Waals surface area contributed by atoms with Crippen LogP contribution in [0.25, 0.3) is 0 Å². The fourth-order valence-corrected chi connectivity index (χ4v) is 4.20. The molecule has 0 bridgehead atoms. The third-order valence-corrected chi connectivity index (χ3v) is 5.68. The maximum absolute atomic E-state index is 11.6. The molecule has 1 aliphatic carbocycles. The molecule has 1 saturated carbocycles. The van der Waals surface area contributed by atoms with Crippen LogP contribution >= 0.6 is 15.2 Å². The Kier molecular flexibility index (Phi) is 22.4. The first kappa shape index (κ1) is 40.3. The maximum atomic E-state index is 11.6. The summed E-state index contributed by atoms with van der Waals surface area (Å²) in [5, 5.41) is 59.5. The van der Waals surface area contributed by atoms with E-state index in [1.165, 1.54) is 0 Å². The van der Waals surface area contributed by atoms with Crippen molar-refractivity contribution in [2.75, 3.05) is 12.3 Å². The summed E-state index contributed by atoms with van der Waals surface area (Å²) < 4.78 is 31.8. The number of hydrogen-bond donors (Lipinski definition) is 4. The predicted octanol–water partition coefficient (Wildman–Crippen LogP) is -19.2. The second-order valence-electron chi connectivity index (χ2n) is 5.38. The molecule has 30 heavy (non-hydrogen) atoms. The van der Waals surface area contributed by atoms with Gasteiger partial charge >= 0.3 is 118 Å². The minimum Gasteiger partial charge on any atom is -0.778 e. The average Bonchev–Trinajstić information content (AvgIpc) is 2.43. The molecule has 1 fully saturated rings. The number of carbonyl (C=O) groups excluding carboxylic acids is 2. The first-order chi connectivity index (χ1) is 11.7. The van der Waals surface area contributed by atoms with Crippen LogP contribution in [0.1, 0.15) is 0 Å². The van der Waals surface area contributed by atoms with Gasteiger partial charge in [-0.15, -0.1) is 0 Å². The van der Waals surface area contributed by atoms with E-state index in [4.69, 9.17) is 0 Å². The van der Waals surface area contributed by atoms with Crippen molar-refractivity contribution in [2.24, 2.45) is 0 Å². The van der Waals surface area contributed by atoms with Crippen LogP contribution in [0.5, 0.6) is 0 Å². The first-order valence-corrected chi connectivity index (χ1v) is 10.2. The number of rotatable bonds is 8. The van der Waals surface area contributed by atoms with E-state index >= 15 is 0 Å². The average molecular weight is 512 g/mol. The van der Waals surface area contributed by atoms with Crippen molar-refractivity contribution >= 4 is 27.1 Å². The van der Waals surface area contributed by atoms with E-state index in [-0.39, 0.29) is 118 Å². The Morgan fingerprint density at radius 3 is 1.10 bits per heavy atom. The summed E-state index contributed by atoms with van der Waals surface area (Å²) in [6.07, 6.45) is -17.4. The van der Waals surface area contributed by atoms with E-state index in [1.54, 1.807) is 0 Å². The molecule has 0 heterocycles. The van der Waals surface area contributed by atoms with E-state index in [0.29, 0.717) is 0 Å². The molecule has 0 aliphatic heterocycles. The normalized spacial score (nSPS) is 31.8. The standard InChI is InChI=1S/C10H18O14P2.4Na/c11-3(12)1-25(19,20)23-9-7(17)5(15)6(16)8(18)10(9)24-26(21,22)2-4(13)14;;;;/h5-10,15-18H,1-2H2,(H,11,12)(H,13,14)(H,19,20)(H,21,22);;;;/q;4*+1/p-4/t5-,6-,7+,8+,9-,10+;;;;/m0..../s1. The number of carbonyl (C=O) groups is 2. The molecule has 20 heteroatoms. The fraction of sp³-hybridized carbons (Fsp3) is 0.800. The second kappa shape index (κ2) is 16.7. The molecule has 1 aliphatic rings. The molecule has 2 unspecified atom stereocenters. The van der Waals surface area contributed by atoms with Crippen LogP contribution in [0.3, 0.4) is 0 Å². The summed E-state index contributed by atoms with van der Waals surface area (Å²) in [6.45, 7) is 0. The molecule has 0 saturated heterocycles. The molecule has 0 aromatic rings. The number of aliphatic carboxylic acids is 2. The number of aliphatic hydroxyl groups excluding tert-OH is 4. The fourth-order valence-electron chi connectivity index (χ4n) is 2.19. The van der Waals surface area contributed by atoms with Crippen molar-refractivity contribution in [1.29, 1.82) is 0 Å². The summed E-state index contributed by atoms with van der Waals surface area (Å²) in [5.74, 6) is -4.22. The van der Waals surface area contributed by atoms with Gasteiger partial charge in [0.05, 0.1) is 12.3 Å². The Bertz CT molecular complexity index is 598. The van der Waals surface area contributed by atoms with Crippen molar-refractivity contribution in [3.05, 3.63) is 0 Å². The number of carboxylic acids is 2. The molecule has 1 rings (SSSR count). The van der Waals surface area contributed by atoms with Crippen LogP contribution in [0, 0.1) is 0 Å². The molecule has 14 nitrogen and oxygen atoms in total. The van der Waals surface area contributed by atoms with Gasteiger partial charge in [0.1, 0.15) is 51.8 Å². The molecule has 8 atom stereocenters. The van der Waals surface area contributed by atoms with Crippen molar-refractivity contribution in [2.45, 2.75) is 36.6 Å². The largest absolute Gasteiger partial charge is 1.00 e. The second-order valence-corrected chi connectivity index (χ2v) is 8.88. The van der Waals surface area contributed by atoms with Crippen LogP contribution in [-0.2, 0) is 27.8 Å². The molecule has 0 radical (unpaired) electrons. The third-order valence-electron chi connectivity index (χ3n) is 3.26. The topological polar surface area (TPSA) is 260 Å². The smallest absolute Gasteiger partial charge is 0.778 e. The SMILES string of the molecule is O=C([O-])CP(=O)([O-])O[C@@H]1[C@H](O)[C@@H](O)[C@H](O)[C@@H](O)[C@@H]1OP(=O)([O-])CC(=O)[O-].[Na+].[Na+].[Na+].[Na+]. The summed E-state index contributed by atoms with van der Waals surface area (Å²) in [4.78, 5) is 43.9.